The molecule has 0 unspecified atom stereocenters. The third kappa shape index (κ3) is 2.98. The van der Waals surface area contributed by atoms with Crippen molar-refractivity contribution in [3.05, 3.63) is 22.5 Å². The maximum absolute atomic E-state index is 12.6. The molecule has 0 atom stereocenters. The molecule has 0 radical (unpaired) electrons. The molecule has 20 heavy (non-hydrogen) atoms. The van der Waals surface area contributed by atoms with Gasteiger partial charge in [-0.3, -0.25) is 4.79 Å². The van der Waals surface area contributed by atoms with Gasteiger partial charge in [-0.2, -0.15) is 0 Å². The molecule has 1 aromatic rings. The van der Waals surface area contributed by atoms with E-state index in [-0.39, 0.29) is 0 Å². The lowest BCUT2D eigenvalue weighted by atomic mass is 10.0. The lowest BCUT2D eigenvalue weighted by Crippen LogP contribution is -2.31. The number of rotatable bonds is 5. The van der Waals surface area contributed by atoms with Crippen LogP contribution in [0.25, 0.3) is 0 Å². The number of carbonyl (C=O) groups excluding carboxylic acids is 1. The third-order valence-corrected chi connectivity index (χ3v) is 4.79. The second kappa shape index (κ2) is 6.57. The van der Waals surface area contributed by atoms with E-state index in [1.165, 1.54) is 43.6 Å². The Bertz CT molecular complexity index is 482. The van der Waals surface area contributed by atoms with Crippen molar-refractivity contribution in [3.63, 3.8) is 0 Å². The molecule has 1 fully saturated rings. The summed E-state index contributed by atoms with van der Waals surface area (Å²) in [7, 11) is 0. The summed E-state index contributed by atoms with van der Waals surface area (Å²) in [6.07, 6.45) is 4.59. The summed E-state index contributed by atoms with van der Waals surface area (Å²) in [5.41, 5.74) is 4.53. The zero-order chi connectivity index (χ0) is 14.7. The van der Waals surface area contributed by atoms with Crippen LogP contribution in [0.5, 0.6) is 0 Å². The van der Waals surface area contributed by atoms with Gasteiger partial charge in [0.25, 0.3) is 0 Å². The number of carbonyl (C=O) groups is 1. The van der Waals surface area contributed by atoms with Crippen molar-refractivity contribution in [2.24, 2.45) is 0 Å². The number of Topliss-reactive ketones (excluding diaryl/α,β-unsaturated/α-hetero) is 1. The van der Waals surface area contributed by atoms with Gasteiger partial charge in [0.1, 0.15) is 0 Å². The van der Waals surface area contributed by atoms with Crippen LogP contribution in [0.4, 0.5) is 0 Å². The molecule has 3 heteroatoms. The largest absolute Gasteiger partial charge is 0.348 e. The first kappa shape index (κ1) is 15.3. The molecule has 0 amide bonds. The summed E-state index contributed by atoms with van der Waals surface area (Å²) < 4.78 is 2.25. The van der Waals surface area contributed by atoms with Gasteiger partial charge in [0, 0.05) is 36.5 Å². The van der Waals surface area contributed by atoms with Crippen LogP contribution in [-0.4, -0.2) is 34.9 Å². The monoisotopic (exact) mass is 276 g/mol. The van der Waals surface area contributed by atoms with Gasteiger partial charge < -0.3 is 9.47 Å². The van der Waals surface area contributed by atoms with E-state index in [4.69, 9.17) is 0 Å². The van der Waals surface area contributed by atoms with Crippen LogP contribution in [0.3, 0.4) is 0 Å². The summed E-state index contributed by atoms with van der Waals surface area (Å²) in [6, 6.07) is 0. The fourth-order valence-corrected chi connectivity index (χ4v) is 3.49. The van der Waals surface area contributed by atoms with E-state index >= 15 is 0 Å². The quantitative estimate of drug-likeness (QED) is 0.769. The van der Waals surface area contributed by atoms with Gasteiger partial charge in [0.15, 0.2) is 5.78 Å². The van der Waals surface area contributed by atoms with Crippen LogP contribution in [0.1, 0.15) is 59.9 Å². The maximum atomic E-state index is 12.6. The molecule has 0 N–H and O–H groups in total. The van der Waals surface area contributed by atoms with Crippen LogP contribution in [0.15, 0.2) is 0 Å². The highest BCUT2D eigenvalue weighted by Crippen LogP contribution is 2.23. The molecule has 0 bridgehead atoms. The second-order valence-electron chi connectivity index (χ2n) is 5.99. The van der Waals surface area contributed by atoms with Gasteiger partial charge in [0.2, 0.25) is 0 Å². The van der Waals surface area contributed by atoms with E-state index < -0.39 is 0 Å². The number of ketones is 1. The van der Waals surface area contributed by atoms with Crippen molar-refractivity contribution in [1.29, 1.82) is 0 Å². The normalized spacial score (nSPS) is 16.6. The van der Waals surface area contributed by atoms with Crippen LogP contribution in [-0.2, 0) is 6.54 Å². The molecule has 2 rings (SSSR count). The molecule has 1 aromatic heterocycles. The molecule has 0 aliphatic carbocycles. The van der Waals surface area contributed by atoms with Crippen LogP contribution in [0.2, 0.25) is 0 Å². The number of aromatic nitrogens is 1. The zero-order valence-corrected chi connectivity index (χ0v) is 13.5. The highest BCUT2D eigenvalue weighted by atomic mass is 16.1. The molecule has 0 spiro atoms. The molecule has 0 saturated carbocycles. The molecule has 2 heterocycles. The van der Waals surface area contributed by atoms with Gasteiger partial charge >= 0.3 is 0 Å². The number of hydrogen-bond acceptors (Lipinski definition) is 2. The minimum absolute atomic E-state index is 0.320. The molecule has 0 aromatic carbocycles. The van der Waals surface area contributed by atoms with E-state index in [9.17, 15) is 4.79 Å². The average molecular weight is 276 g/mol. The lowest BCUT2D eigenvalue weighted by Gasteiger charge is -2.26. The third-order valence-electron chi connectivity index (χ3n) is 4.79. The van der Waals surface area contributed by atoms with Crippen molar-refractivity contribution < 1.29 is 4.79 Å². The van der Waals surface area contributed by atoms with Crippen molar-refractivity contribution in [3.8, 4) is 0 Å². The average Bonchev–Trinajstić information content (AvgIpc) is 2.67. The number of piperidine rings is 1. The Morgan fingerprint density at radius 2 is 1.70 bits per heavy atom. The first-order chi connectivity index (χ1) is 9.56. The highest BCUT2D eigenvalue weighted by Gasteiger charge is 2.20. The van der Waals surface area contributed by atoms with Crippen molar-refractivity contribution >= 4 is 5.78 Å². The second-order valence-corrected chi connectivity index (χ2v) is 5.99. The Kier molecular flexibility index (Phi) is 5.03. The standard InChI is InChI=1S/C17H28N2O/c1-5-19-14(3)13(2)17(15(19)4)16(20)9-12-18-10-7-6-8-11-18/h5-12H2,1-4H3. The fraction of sp³-hybridized carbons (Fsp3) is 0.706. The summed E-state index contributed by atoms with van der Waals surface area (Å²) >= 11 is 0. The topological polar surface area (TPSA) is 25.2 Å². The Morgan fingerprint density at radius 3 is 2.25 bits per heavy atom. The number of hydrogen-bond donors (Lipinski definition) is 0. The van der Waals surface area contributed by atoms with Crippen molar-refractivity contribution in [1.82, 2.24) is 9.47 Å². The van der Waals surface area contributed by atoms with Gasteiger partial charge in [-0.1, -0.05) is 6.42 Å². The molecule has 1 aliphatic heterocycles. The van der Waals surface area contributed by atoms with Gasteiger partial charge in [-0.15, -0.1) is 0 Å². The van der Waals surface area contributed by atoms with E-state index in [2.05, 4.69) is 37.2 Å². The summed E-state index contributed by atoms with van der Waals surface area (Å²) in [6.45, 7) is 12.6. The van der Waals surface area contributed by atoms with Crippen LogP contribution >= 0.6 is 0 Å². The SMILES string of the molecule is CCn1c(C)c(C)c(C(=O)CCN2CCCCC2)c1C. The molecular formula is C17H28N2O. The number of likely N-dealkylation sites (tertiary alicyclic amines) is 1. The molecule has 112 valence electrons. The Hall–Kier alpha value is -1.09. The van der Waals surface area contributed by atoms with E-state index in [0.29, 0.717) is 12.2 Å². The van der Waals surface area contributed by atoms with E-state index in [1.54, 1.807) is 0 Å². The minimum atomic E-state index is 0.320. The first-order valence-corrected chi connectivity index (χ1v) is 7.98. The molecule has 1 aliphatic rings. The van der Waals surface area contributed by atoms with Crippen LogP contribution < -0.4 is 0 Å². The fourth-order valence-electron chi connectivity index (χ4n) is 3.49. The van der Waals surface area contributed by atoms with E-state index in [0.717, 1.165) is 24.3 Å². The minimum Gasteiger partial charge on any atom is -0.348 e. The Morgan fingerprint density at radius 1 is 1.05 bits per heavy atom. The van der Waals surface area contributed by atoms with Gasteiger partial charge in [-0.25, -0.2) is 0 Å². The molecular weight excluding hydrogens is 248 g/mol. The Labute approximate surface area is 123 Å². The first-order valence-electron chi connectivity index (χ1n) is 7.98. The van der Waals surface area contributed by atoms with Gasteiger partial charge in [-0.05, 0) is 59.2 Å². The zero-order valence-electron chi connectivity index (χ0n) is 13.5. The maximum Gasteiger partial charge on any atom is 0.166 e. The molecule has 1 saturated heterocycles. The molecule has 3 nitrogen and oxygen atoms in total. The van der Waals surface area contributed by atoms with Crippen molar-refractivity contribution in [2.45, 2.75) is 59.9 Å². The summed E-state index contributed by atoms with van der Waals surface area (Å²) in [5, 5.41) is 0. The number of nitrogens with zero attached hydrogens (tertiary/aromatic N) is 2. The predicted molar refractivity (Wildman–Crippen MR) is 83.6 cm³/mol. The summed E-state index contributed by atoms with van der Waals surface area (Å²) in [4.78, 5) is 15.0. The van der Waals surface area contributed by atoms with Crippen LogP contribution in [0, 0.1) is 20.8 Å². The summed E-state index contributed by atoms with van der Waals surface area (Å²) in [5.74, 6) is 0.320. The highest BCUT2D eigenvalue weighted by molar-refractivity contribution is 5.99. The Balaban J connectivity index is 2.05. The smallest absolute Gasteiger partial charge is 0.166 e. The lowest BCUT2D eigenvalue weighted by molar-refractivity contribution is 0.0957. The predicted octanol–water partition coefficient (Wildman–Crippen LogP) is 3.49. The van der Waals surface area contributed by atoms with Crippen molar-refractivity contribution in [2.75, 3.05) is 19.6 Å². The van der Waals surface area contributed by atoms with Gasteiger partial charge in [0.05, 0.1) is 0 Å². The van der Waals surface area contributed by atoms with E-state index in [1.807, 2.05) is 0 Å².